The monoisotopic (exact) mass is 337 g/mol. The zero-order valence-corrected chi connectivity index (χ0v) is 14.7. The summed E-state index contributed by atoms with van der Waals surface area (Å²) in [6.45, 7) is 7.61. The van der Waals surface area contributed by atoms with Crippen LogP contribution in [0.1, 0.15) is 30.7 Å². The lowest BCUT2D eigenvalue weighted by Crippen LogP contribution is -2.44. The van der Waals surface area contributed by atoms with Crippen molar-refractivity contribution in [1.29, 1.82) is 0 Å². The van der Waals surface area contributed by atoms with Gasteiger partial charge < -0.3 is 10.4 Å². The number of aromatic nitrogens is 2. The van der Waals surface area contributed by atoms with Crippen molar-refractivity contribution in [1.82, 2.24) is 14.9 Å². The van der Waals surface area contributed by atoms with Crippen LogP contribution < -0.4 is 10.9 Å². The van der Waals surface area contributed by atoms with Crippen LogP contribution in [0.15, 0.2) is 11.1 Å². The molecule has 2 atom stereocenters. The molecule has 6 nitrogen and oxygen atoms in total. The van der Waals surface area contributed by atoms with Gasteiger partial charge in [-0.05, 0) is 25.3 Å². The number of carbonyl (C=O) groups excluding carboxylic acids is 1. The largest absolute Gasteiger partial charge is 0.394 e. The average molecular weight is 337 g/mol. The molecule has 0 radical (unpaired) electrons. The lowest BCUT2D eigenvalue weighted by molar-refractivity contribution is -0.123. The minimum Gasteiger partial charge on any atom is -0.394 e. The Morgan fingerprint density at radius 2 is 2.17 bits per heavy atom. The number of carbonyl (C=O) groups is 1. The SMILES string of the molecule is CC[C@@H](C)[C@@H](CO)NC(=O)Cn1cnc2sc(C)c(C)c2c1=O. The molecule has 126 valence electrons. The lowest BCUT2D eigenvalue weighted by atomic mass is 10.00. The number of aliphatic hydroxyl groups is 1. The highest BCUT2D eigenvalue weighted by atomic mass is 32.1. The Hall–Kier alpha value is -1.73. The van der Waals surface area contributed by atoms with E-state index in [0.29, 0.717) is 10.2 Å². The highest BCUT2D eigenvalue weighted by Gasteiger charge is 2.18. The quantitative estimate of drug-likeness (QED) is 0.838. The summed E-state index contributed by atoms with van der Waals surface area (Å²) in [5, 5.41) is 12.8. The first kappa shape index (κ1) is 17.6. The van der Waals surface area contributed by atoms with Gasteiger partial charge in [0.25, 0.3) is 5.56 Å². The number of aryl methyl sites for hydroxylation is 2. The molecule has 0 unspecified atom stereocenters. The van der Waals surface area contributed by atoms with E-state index in [1.54, 1.807) is 0 Å². The highest BCUT2D eigenvalue weighted by Crippen LogP contribution is 2.25. The topological polar surface area (TPSA) is 84.2 Å². The Bertz CT molecular complexity index is 766. The van der Waals surface area contributed by atoms with Crippen molar-refractivity contribution >= 4 is 27.5 Å². The van der Waals surface area contributed by atoms with Gasteiger partial charge in [-0.2, -0.15) is 0 Å². The van der Waals surface area contributed by atoms with Gasteiger partial charge in [-0.3, -0.25) is 14.2 Å². The number of rotatable bonds is 6. The molecule has 2 aromatic rings. The maximum absolute atomic E-state index is 12.5. The van der Waals surface area contributed by atoms with E-state index < -0.39 is 0 Å². The van der Waals surface area contributed by atoms with Crippen molar-refractivity contribution in [2.24, 2.45) is 5.92 Å². The Balaban J connectivity index is 2.22. The summed E-state index contributed by atoms with van der Waals surface area (Å²) in [4.78, 5) is 30.8. The van der Waals surface area contributed by atoms with E-state index in [-0.39, 0.29) is 36.6 Å². The molecule has 0 aliphatic carbocycles. The molecule has 0 spiro atoms. The standard InChI is InChI=1S/C16H23N3O3S/c1-5-9(2)12(7-20)18-13(21)6-19-8-17-15-14(16(19)22)10(3)11(4)23-15/h8-9,12,20H,5-7H2,1-4H3,(H,18,21)/t9-,12-/m1/s1. The van der Waals surface area contributed by atoms with Crippen molar-refractivity contribution in [3.63, 3.8) is 0 Å². The fourth-order valence-electron chi connectivity index (χ4n) is 2.44. The van der Waals surface area contributed by atoms with E-state index in [9.17, 15) is 14.7 Å². The summed E-state index contributed by atoms with van der Waals surface area (Å²) in [5.74, 6) is -0.125. The van der Waals surface area contributed by atoms with Crippen molar-refractivity contribution < 1.29 is 9.90 Å². The second-order valence-electron chi connectivity index (χ2n) is 5.88. The third-order valence-electron chi connectivity index (χ3n) is 4.34. The van der Waals surface area contributed by atoms with Gasteiger partial charge in [-0.25, -0.2) is 4.98 Å². The summed E-state index contributed by atoms with van der Waals surface area (Å²) in [6, 6.07) is -0.301. The first-order valence-corrected chi connectivity index (χ1v) is 8.56. The third kappa shape index (κ3) is 3.61. The summed E-state index contributed by atoms with van der Waals surface area (Å²) >= 11 is 1.48. The third-order valence-corrected chi connectivity index (χ3v) is 5.46. The molecule has 2 rings (SSSR count). The second-order valence-corrected chi connectivity index (χ2v) is 7.09. The van der Waals surface area contributed by atoms with Crippen LogP contribution in [0.5, 0.6) is 0 Å². The van der Waals surface area contributed by atoms with Gasteiger partial charge in [-0.1, -0.05) is 20.3 Å². The first-order chi connectivity index (χ1) is 10.9. The van der Waals surface area contributed by atoms with Gasteiger partial charge in [0, 0.05) is 4.88 Å². The number of fused-ring (bicyclic) bond motifs is 1. The predicted molar refractivity (Wildman–Crippen MR) is 91.8 cm³/mol. The maximum atomic E-state index is 12.5. The fourth-order valence-corrected chi connectivity index (χ4v) is 3.43. The number of aliphatic hydroxyl groups excluding tert-OH is 1. The Morgan fingerprint density at radius 1 is 1.48 bits per heavy atom. The van der Waals surface area contributed by atoms with Gasteiger partial charge in [0.2, 0.25) is 5.91 Å². The minimum atomic E-state index is -0.301. The lowest BCUT2D eigenvalue weighted by Gasteiger charge is -2.22. The maximum Gasteiger partial charge on any atom is 0.262 e. The number of hydrogen-bond acceptors (Lipinski definition) is 5. The van der Waals surface area contributed by atoms with Crippen molar-refractivity contribution in [2.45, 2.75) is 46.7 Å². The molecule has 2 N–H and O–H groups in total. The fraction of sp³-hybridized carbons (Fsp3) is 0.562. The smallest absolute Gasteiger partial charge is 0.262 e. The van der Waals surface area contributed by atoms with Crippen LogP contribution in [0.3, 0.4) is 0 Å². The van der Waals surface area contributed by atoms with Crippen molar-refractivity contribution in [2.75, 3.05) is 6.61 Å². The van der Waals surface area contributed by atoms with Crippen LogP contribution in [0.2, 0.25) is 0 Å². The Labute approximate surface area is 139 Å². The van der Waals surface area contributed by atoms with Crippen molar-refractivity contribution in [3.05, 3.63) is 27.1 Å². The molecular weight excluding hydrogens is 314 g/mol. The van der Waals surface area contributed by atoms with E-state index in [1.807, 2.05) is 27.7 Å². The number of hydrogen-bond donors (Lipinski definition) is 2. The minimum absolute atomic E-state index is 0.0942. The molecule has 0 bridgehead atoms. The molecule has 23 heavy (non-hydrogen) atoms. The number of amides is 1. The molecule has 0 saturated carbocycles. The van der Waals surface area contributed by atoms with Crippen LogP contribution in [-0.2, 0) is 11.3 Å². The number of thiophene rings is 1. The normalized spacial score (nSPS) is 14.0. The van der Waals surface area contributed by atoms with Gasteiger partial charge in [0.15, 0.2) is 0 Å². The summed E-state index contributed by atoms with van der Waals surface area (Å²) in [6.07, 6.45) is 2.27. The van der Waals surface area contributed by atoms with E-state index in [4.69, 9.17) is 0 Å². The molecule has 0 saturated heterocycles. The molecule has 0 aromatic carbocycles. The first-order valence-electron chi connectivity index (χ1n) is 7.74. The van der Waals surface area contributed by atoms with Gasteiger partial charge in [-0.15, -0.1) is 11.3 Å². The highest BCUT2D eigenvalue weighted by molar-refractivity contribution is 7.18. The van der Waals surface area contributed by atoms with E-state index >= 15 is 0 Å². The molecule has 0 fully saturated rings. The molecule has 1 amide bonds. The van der Waals surface area contributed by atoms with Gasteiger partial charge in [0.05, 0.1) is 24.4 Å². The summed E-state index contributed by atoms with van der Waals surface area (Å²) in [7, 11) is 0. The Kier molecular flexibility index (Phi) is 5.54. The predicted octanol–water partition coefficient (Wildman–Crippen LogP) is 1.60. The molecule has 2 aromatic heterocycles. The van der Waals surface area contributed by atoms with Crippen LogP contribution in [0.4, 0.5) is 0 Å². The molecule has 0 aliphatic heterocycles. The molecular formula is C16H23N3O3S. The second kappa shape index (κ2) is 7.23. The summed E-state index contributed by atoms with van der Waals surface area (Å²) < 4.78 is 1.32. The molecule has 0 aliphatic rings. The van der Waals surface area contributed by atoms with Gasteiger partial charge in [0.1, 0.15) is 11.4 Å². The van der Waals surface area contributed by atoms with E-state index in [0.717, 1.165) is 16.9 Å². The van der Waals surface area contributed by atoms with E-state index in [1.165, 1.54) is 22.2 Å². The number of nitrogens with one attached hydrogen (secondary N) is 1. The van der Waals surface area contributed by atoms with Crippen molar-refractivity contribution in [3.8, 4) is 0 Å². The molecule has 7 heteroatoms. The summed E-state index contributed by atoms with van der Waals surface area (Å²) in [5.41, 5.74) is 0.723. The number of nitrogens with zero attached hydrogens (tertiary/aromatic N) is 2. The van der Waals surface area contributed by atoms with Crippen LogP contribution in [0, 0.1) is 19.8 Å². The molecule has 2 heterocycles. The van der Waals surface area contributed by atoms with Crippen LogP contribution in [0.25, 0.3) is 10.2 Å². The van der Waals surface area contributed by atoms with Crippen LogP contribution in [-0.4, -0.2) is 33.2 Å². The zero-order chi connectivity index (χ0) is 17.1. The van der Waals surface area contributed by atoms with Gasteiger partial charge >= 0.3 is 0 Å². The van der Waals surface area contributed by atoms with Crippen LogP contribution >= 0.6 is 11.3 Å². The Morgan fingerprint density at radius 3 is 2.78 bits per heavy atom. The average Bonchev–Trinajstić information content (AvgIpc) is 2.82. The van der Waals surface area contributed by atoms with E-state index in [2.05, 4.69) is 10.3 Å². The zero-order valence-electron chi connectivity index (χ0n) is 13.9.